The summed E-state index contributed by atoms with van der Waals surface area (Å²) in [6.45, 7) is 6.62. The van der Waals surface area contributed by atoms with Gasteiger partial charge in [0.1, 0.15) is 0 Å². The Bertz CT molecular complexity index is 1290. The van der Waals surface area contributed by atoms with Gasteiger partial charge in [-0.3, -0.25) is 14.5 Å². The number of hydrogen-bond donors (Lipinski definition) is 1. The largest absolute Gasteiger partial charge is 0.503 e. The fourth-order valence-electron chi connectivity index (χ4n) is 4.00. The lowest BCUT2D eigenvalue weighted by atomic mass is 9.91. The molecule has 1 amide bonds. The molecule has 0 aliphatic carbocycles. The number of amides is 1. The van der Waals surface area contributed by atoms with E-state index in [1.165, 1.54) is 36.7 Å². The van der Waals surface area contributed by atoms with Gasteiger partial charge < -0.3 is 5.11 Å². The predicted octanol–water partition coefficient (Wildman–Crippen LogP) is 5.80. The lowest BCUT2D eigenvalue weighted by Crippen LogP contribution is -2.32. The molecule has 0 radical (unpaired) electrons. The Morgan fingerprint density at radius 1 is 1.03 bits per heavy atom. The minimum Gasteiger partial charge on any atom is -0.503 e. The van der Waals surface area contributed by atoms with E-state index in [4.69, 9.17) is 0 Å². The Hall–Kier alpha value is -3.94. The number of aryl methyl sites for hydroxylation is 1. The molecule has 6 nitrogen and oxygen atoms in total. The zero-order chi connectivity index (χ0) is 25.5. The summed E-state index contributed by atoms with van der Waals surface area (Å²) in [6, 6.07) is 11.1. The predicted molar refractivity (Wildman–Crippen MR) is 128 cm³/mol. The van der Waals surface area contributed by atoms with Crippen LogP contribution in [0.4, 0.5) is 14.7 Å². The number of carbonyl (C=O) groups is 2. The number of nitrogens with zero attached hydrogens (tertiary/aromatic N) is 3. The van der Waals surface area contributed by atoms with Gasteiger partial charge in [0.2, 0.25) is 5.95 Å². The van der Waals surface area contributed by atoms with Crippen LogP contribution in [0, 0.1) is 6.92 Å². The Balaban J connectivity index is 1.83. The van der Waals surface area contributed by atoms with E-state index in [2.05, 4.69) is 9.97 Å². The number of ketones is 1. The third-order valence-electron chi connectivity index (χ3n) is 6.01. The molecular weight excluding hydrogens is 452 g/mol. The summed E-state index contributed by atoms with van der Waals surface area (Å²) < 4.78 is 27.6. The van der Waals surface area contributed by atoms with E-state index in [0.717, 1.165) is 23.0 Å². The molecule has 1 atom stereocenters. The van der Waals surface area contributed by atoms with Gasteiger partial charge in [-0.1, -0.05) is 62.4 Å². The standard InChI is InChI=1S/C27H25F2N3O3/c1-15(2)17-5-7-19(8-6-17)23(33)21-22(18-9-11-20(12-10-18)27(4,28)29)32(25(35)24(21)34)26-30-13-16(3)14-31-26/h5-15,22,34H,1-4H3. The topological polar surface area (TPSA) is 83.4 Å². The molecule has 2 heterocycles. The van der Waals surface area contributed by atoms with E-state index in [-0.39, 0.29) is 28.6 Å². The van der Waals surface area contributed by atoms with Crippen molar-refractivity contribution < 1.29 is 23.5 Å². The number of benzene rings is 2. The number of halogens is 2. The molecule has 1 aromatic heterocycles. The Morgan fingerprint density at radius 2 is 1.60 bits per heavy atom. The van der Waals surface area contributed by atoms with Crippen LogP contribution in [0.5, 0.6) is 0 Å². The Labute approximate surface area is 202 Å². The van der Waals surface area contributed by atoms with Crippen molar-refractivity contribution in [1.82, 2.24) is 9.97 Å². The van der Waals surface area contributed by atoms with Gasteiger partial charge in [0, 0.05) is 30.4 Å². The van der Waals surface area contributed by atoms with E-state index in [9.17, 15) is 23.5 Å². The SMILES string of the molecule is Cc1cnc(N2C(=O)C(O)=C(C(=O)c3ccc(C(C)C)cc3)C2c2ccc(C(C)(F)F)cc2)nc1. The van der Waals surface area contributed by atoms with Crippen molar-refractivity contribution in [2.75, 3.05) is 4.90 Å². The second-order valence-electron chi connectivity index (χ2n) is 9.02. The first kappa shape index (κ1) is 24.2. The minimum atomic E-state index is -3.06. The van der Waals surface area contributed by atoms with Gasteiger partial charge in [0.15, 0.2) is 11.5 Å². The number of hydrogen-bond acceptors (Lipinski definition) is 5. The van der Waals surface area contributed by atoms with Crippen molar-refractivity contribution in [3.8, 4) is 0 Å². The molecule has 0 bridgehead atoms. The number of aliphatic hydroxyl groups is 1. The Morgan fingerprint density at radius 3 is 2.11 bits per heavy atom. The van der Waals surface area contributed by atoms with E-state index in [1.54, 1.807) is 19.1 Å². The molecule has 3 aromatic rings. The normalized spacial score (nSPS) is 16.4. The molecule has 2 aromatic carbocycles. The van der Waals surface area contributed by atoms with E-state index in [1.807, 2.05) is 26.0 Å². The van der Waals surface area contributed by atoms with Gasteiger partial charge in [-0.2, -0.15) is 0 Å². The van der Waals surface area contributed by atoms with Crippen LogP contribution in [0.2, 0.25) is 0 Å². The second-order valence-corrected chi connectivity index (χ2v) is 9.02. The average Bonchev–Trinajstić information content (AvgIpc) is 3.09. The van der Waals surface area contributed by atoms with Crippen molar-refractivity contribution in [1.29, 1.82) is 0 Å². The number of alkyl halides is 2. The van der Waals surface area contributed by atoms with Crippen molar-refractivity contribution in [3.63, 3.8) is 0 Å². The molecule has 1 aliphatic heterocycles. The second kappa shape index (κ2) is 9.02. The first-order valence-electron chi connectivity index (χ1n) is 11.2. The summed E-state index contributed by atoms with van der Waals surface area (Å²) in [4.78, 5) is 36.2. The monoisotopic (exact) mass is 477 g/mol. The number of aromatic nitrogens is 2. The summed E-state index contributed by atoms with van der Waals surface area (Å²) in [5.74, 6) is -4.92. The summed E-state index contributed by atoms with van der Waals surface area (Å²) in [5.41, 5.74) is 2.06. The van der Waals surface area contributed by atoms with Crippen LogP contribution >= 0.6 is 0 Å². The molecule has 0 saturated carbocycles. The van der Waals surface area contributed by atoms with Crippen molar-refractivity contribution >= 4 is 17.6 Å². The smallest absolute Gasteiger partial charge is 0.296 e. The van der Waals surface area contributed by atoms with Crippen LogP contribution in [-0.2, 0) is 10.7 Å². The molecule has 4 rings (SSSR count). The van der Waals surface area contributed by atoms with Gasteiger partial charge in [-0.05, 0) is 29.5 Å². The fourth-order valence-corrected chi connectivity index (χ4v) is 4.00. The molecule has 0 fully saturated rings. The number of rotatable bonds is 6. The molecule has 0 spiro atoms. The summed E-state index contributed by atoms with van der Waals surface area (Å²) in [6.07, 6.45) is 3.02. The van der Waals surface area contributed by atoms with Crippen LogP contribution in [-0.4, -0.2) is 26.8 Å². The maximum Gasteiger partial charge on any atom is 0.296 e. The van der Waals surface area contributed by atoms with Gasteiger partial charge in [-0.25, -0.2) is 18.7 Å². The van der Waals surface area contributed by atoms with Crippen molar-refractivity contribution in [2.24, 2.45) is 0 Å². The lowest BCUT2D eigenvalue weighted by molar-refractivity contribution is -0.117. The average molecular weight is 478 g/mol. The summed E-state index contributed by atoms with van der Waals surface area (Å²) >= 11 is 0. The fraction of sp³-hybridized carbons (Fsp3) is 0.259. The zero-order valence-corrected chi connectivity index (χ0v) is 19.8. The first-order chi connectivity index (χ1) is 16.5. The number of anilines is 1. The molecule has 0 saturated heterocycles. The minimum absolute atomic E-state index is 0.0139. The number of carbonyl (C=O) groups excluding carboxylic acids is 2. The molecule has 1 aliphatic rings. The summed E-state index contributed by atoms with van der Waals surface area (Å²) in [7, 11) is 0. The van der Waals surface area contributed by atoms with Crippen LogP contribution in [0.1, 0.15) is 65.3 Å². The first-order valence-corrected chi connectivity index (χ1v) is 11.2. The van der Waals surface area contributed by atoms with E-state index in [0.29, 0.717) is 5.56 Å². The van der Waals surface area contributed by atoms with Crippen molar-refractivity contribution in [3.05, 3.63) is 100 Å². The third-order valence-corrected chi connectivity index (χ3v) is 6.01. The summed E-state index contributed by atoms with van der Waals surface area (Å²) in [5, 5.41) is 10.8. The van der Waals surface area contributed by atoms with Crippen LogP contribution < -0.4 is 4.90 Å². The van der Waals surface area contributed by atoms with Crippen LogP contribution in [0.3, 0.4) is 0 Å². The number of Topliss-reactive ketones (excluding diaryl/α,β-unsaturated/α-hetero) is 1. The van der Waals surface area contributed by atoms with Gasteiger partial charge >= 0.3 is 0 Å². The lowest BCUT2D eigenvalue weighted by Gasteiger charge is -2.25. The van der Waals surface area contributed by atoms with Crippen LogP contribution in [0.15, 0.2) is 72.3 Å². The maximum absolute atomic E-state index is 13.8. The molecular formula is C27H25F2N3O3. The molecule has 1 N–H and O–H groups in total. The highest BCUT2D eigenvalue weighted by atomic mass is 19.3. The highest BCUT2D eigenvalue weighted by Crippen LogP contribution is 2.41. The van der Waals surface area contributed by atoms with Crippen molar-refractivity contribution in [2.45, 2.75) is 45.6 Å². The van der Waals surface area contributed by atoms with Gasteiger partial charge in [0.05, 0.1) is 11.6 Å². The maximum atomic E-state index is 13.8. The van der Waals surface area contributed by atoms with Gasteiger partial charge in [-0.15, -0.1) is 0 Å². The highest BCUT2D eigenvalue weighted by molar-refractivity contribution is 6.20. The number of aliphatic hydroxyl groups excluding tert-OH is 1. The highest BCUT2D eigenvalue weighted by Gasteiger charge is 2.46. The molecule has 35 heavy (non-hydrogen) atoms. The zero-order valence-electron chi connectivity index (χ0n) is 19.8. The molecule has 1 unspecified atom stereocenters. The quantitative estimate of drug-likeness (QED) is 0.454. The van der Waals surface area contributed by atoms with Crippen LogP contribution in [0.25, 0.3) is 0 Å². The third kappa shape index (κ3) is 4.56. The van der Waals surface area contributed by atoms with Gasteiger partial charge in [0.25, 0.3) is 11.8 Å². The van der Waals surface area contributed by atoms with E-state index < -0.39 is 29.4 Å². The Kier molecular flexibility index (Phi) is 6.23. The molecule has 8 heteroatoms. The molecule has 180 valence electrons. The van der Waals surface area contributed by atoms with E-state index >= 15 is 0 Å².